The number of hydrogen-bond donors (Lipinski definition) is 0. The number of benzene rings is 2. The monoisotopic (exact) mass is 366 g/mol. The van der Waals surface area contributed by atoms with E-state index in [4.69, 9.17) is 23.2 Å². The van der Waals surface area contributed by atoms with Crippen molar-refractivity contribution in [3.63, 3.8) is 0 Å². The number of piperazine rings is 1. The van der Waals surface area contributed by atoms with Crippen molar-refractivity contribution in [1.82, 2.24) is 9.80 Å². The molecule has 6 heteroatoms. The van der Waals surface area contributed by atoms with Crippen molar-refractivity contribution < 1.29 is 9.18 Å². The minimum absolute atomic E-state index is 0.0952. The van der Waals surface area contributed by atoms with Crippen molar-refractivity contribution >= 4 is 29.1 Å². The number of hydrogen-bond acceptors (Lipinski definition) is 2. The predicted molar refractivity (Wildman–Crippen MR) is 94.0 cm³/mol. The van der Waals surface area contributed by atoms with E-state index in [1.807, 2.05) is 6.07 Å². The summed E-state index contributed by atoms with van der Waals surface area (Å²) in [5.41, 5.74) is 1.14. The van der Waals surface area contributed by atoms with Gasteiger partial charge in [-0.05, 0) is 24.3 Å². The van der Waals surface area contributed by atoms with E-state index >= 15 is 0 Å². The lowest BCUT2D eigenvalue weighted by atomic mass is 10.1. The fourth-order valence-electron chi connectivity index (χ4n) is 2.81. The summed E-state index contributed by atoms with van der Waals surface area (Å²) in [4.78, 5) is 16.5. The zero-order valence-corrected chi connectivity index (χ0v) is 14.5. The smallest absolute Gasteiger partial charge is 0.255 e. The van der Waals surface area contributed by atoms with Crippen LogP contribution in [-0.4, -0.2) is 41.9 Å². The van der Waals surface area contributed by atoms with Gasteiger partial charge in [-0.3, -0.25) is 9.69 Å². The molecule has 3 rings (SSSR count). The summed E-state index contributed by atoms with van der Waals surface area (Å²) in [6.07, 6.45) is 0. The highest BCUT2D eigenvalue weighted by molar-refractivity contribution is 6.36. The van der Waals surface area contributed by atoms with E-state index in [-0.39, 0.29) is 11.7 Å². The fraction of sp³-hybridized carbons (Fsp3) is 0.278. The maximum atomic E-state index is 13.7. The van der Waals surface area contributed by atoms with Crippen LogP contribution in [0.2, 0.25) is 10.0 Å². The molecule has 0 N–H and O–H groups in total. The van der Waals surface area contributed by atoms with Crippen LogP contribution in [-0.2, 0) is 6.54 Å². The Bertz CT molecular complexity index is 746. The first-order valence-corrected chi connectivity index (χ1v) is 8.50. The van der Waals surface area contributed by atoms with E-state index < -0.39 is 0 Å². The number of halogens is 3. The second-order valence-corrected chi connectivity index (χ2v) is 6.63. The van der Waals surface area contributed by atoms with Crippen LogP contribution in [0.1, 0.15) is 15.9 Å². The van der Waals surface area contributed by atoms with Crippen molar-refractivity contribution in [2.24, 2.45) is 0 Å². The molecule has 2 aromatic rings. The first kappa shape index (κ1) is 17.2. The average molecular weight is 367 g/mol. The third-order valence-corrected chi connectivity index (χ3v) is 4.72. The Morgan fingerprint density at radius 1 is 1.04 bits per heavy atom. The molecule has 0 spiro atoms. The molecular weight excluding hydrogens is 350 g/mol. The molecule has 1 aliphatic rings. The van der Waals surface area contributed by atoms with Crippen LogP contribution in [0, 0.1) is 5.82 Å². The van der Waals surface area contributed by atoms with Crippen molar-refractivity contribution in [2.45, 2.75) is 6.54 Å². The summed E-state index contributed by atoms with van der Waals surface area (Å²) in [6.45, 7) is 3.13. The summed E-state index contributed by atoms with van der Waals surface area (Å²) in [6, 6.07) is 11.7. The molecule has 0 radical (unpaired) electrons. The van der Waals surface area contributed by atoms with Crippen LogP contribution in [0.3, 0.4) is 0 Å². The van der Waals surface area contributed by atoms with E-state index in [1.165, 1.54) is 6.07 Å². The summed E-state index contributed by atoms with van der Waals surface area (Å²) in [7, 11) is 0. The summed E-state index contributed by atoms with van der Waals surface area (Å²) >= 11 is 12.0. The van der Waals surface area contributed by atoms with Crippen LogP contribution in [0.4, 0.5) is 4.39 Å². The Kier molecular flexibility index (Phi) is 5.39. The van der Waals surface area contributed by atoms with Gasteiger partial charge in [0.05, 0.1) is 10.6 Å². The molecule has 126 valence electrons. The highest BCUT2D eigenvalue weighted by Gasteiger charge is 2.24. The summed E-state index contributed by atoms with van der Waals surface area (Å²) in [5.74, 6) is -0.286. The molecule has 1 heterocycles. The van der Waals surface area contributed by atoms with Crippen molar-refractivity contribution in [3.05, 3.63) is 69.5 Å². The van der Waals surface area contributed by atoms with Crippen LogP contribution >= 0.6 is 23.2 Å². The molecular formula is C18H17Cl2FN2O. The molecule has 0 aliphatic carbocycles. The third-order valence-electron chi connectivity index (χ3n) is 4.17. The topological polar surface area (TPSA) is 23.6 Å². The molecule has 1 amide bonds. The summed E-state index contributed by atoms with van der Waals surface area (Å²) in [5, 5.41) is 0.868. The van der Waals surface area contributed by atoms with E-state index in [0.29, 0.717) is 53.9 Å². The van der Waals surface area contributed by atoms with Crippen LogP contribution in [0.25, 0.3) is 0 Å². The number of carbonyl (C=O) groups is 1. The lowest BCUT2D eigenvalue weighted by Gasteiger charge is -2.35. The number of carbonyl (C=O) groups excluding carboxylic acids is 1. The summed E-state index contributed by atoms with van der Waals surface area (Å²) < 4.78 is 13.7. The highest BCUT2D eigenvalue weighted by atomic mass is 35.5. The van der Waals surface area contributed by atoms with Gasteiger partial charge >= 0.3 is 0 Å². The molecule has 3 nitrogen and oxygen atoms in total. The zero-order valence-electron chi connectivity index (χ0n) is 13.0. The predicted octanol–water partition coefficient (Wildman–Crippen LogP) is 4.09. The SMILES string of the molecule is O=C(c1ccc(Cl)cc1Cl)N1CCN(Cc2ccccc2F)CC1. The molecule has 0 unspecified atom stereocenters. The second-order valence-electron chi connectivity index (χ2n) is 5.78. The van der Waals surface area contributed by atoms with Crippen molar-refractivity contribution in [3.8, 4) is 0 Å². The van der Waals surface area contributed by atoms with E-state index in [2.05, 4.69) is 4.90 Å². The van der Waals surface area contributed by atoms with E-state index in [1.54, 1.807) is 35.2 Å². The second kappa shape index (κ2) is 7.51. The standard InChI is InChI=1S/C18H17Cl2FN2O/c19-14-5-6-15(16(20)11-14)18(24)23-9-7-22(8-10-23)12-13-3-1-2-4-17(13)21/h1-6,11H,7-10,12H2. The van der Waals surface area contributed by atoms with Crippen LogP contribution < -0.4 is 0 Å². The van der Waals surface area contributed by atoms with Gasteiger partial charge in [-0.15, -0.1) is 0 Å². The molecule has 1 saturated heterocycles. The number of rotatable bonds is 3. The maximum absolute atomic E-state index is 13.7. The van der Waals surface area contributed by atoms with Gasteiger partial charge in [-0.25, -0.2) is 4.39 Å². The van der Waals surface area contributed by atoms with Crippen molar-refractivity contribution in [2.75, 3.05) is 26.2 Å². The maximum Gasteiger partial charge on any atom is 0.255 e. The van der Waals surface area contributed by atoms with Gasteiger partial charge in [0.25, 0.3) is 5.91 Å². The Morgan fingerprint density at radius 2 is 1.75 bits per heavy atom. The first-order valence-electron chi connectivity index (χ1n) is 7.74. The lowest BCUT2D eigenvalue weighted by Crippen LogP contribution is -2.48. The van der Waals surface area contributed by atoms with E-state index in [9.17, 15) is 9.18 Å². The molecule has 2 aromatic carbocycles. The molecule has 0 aromatic heterocycles. The van der Waals surface area contributed by atoms with Crippen LogP contribution in [0.5, 0.6) is 0 Å². The van der Waals surface area contributed by atoms with Gasteiger partial charge < -0.3 is 4.90 Å². The van der Waals surface area contributed by atoms with Crippen LogP contribution in [0.15, 0.2) is 42.5 Å². The zero-order chi connectivity index (χ0) is 17.1. The average Bonchev–Trinajstić information content (AvgIpc) is 2.57. The highest BCUT2D eigenvalue weighted by Crippen LogP contribution is 2.23. The Morgan fingerprint density at radius 3 is 2.42 bits per heavy atom. The van der Waals surface area contributed by atoms with Gasteiger partial charge in [-0.1, -0.05) is 41.4 Å². The Labute approximate surface area is 150 Å². The Hall–Kier alpha value is -1.62. The number of nitrogens with zero attached hydrogens (tertiary/aromatic N) is 2. The Balaban J connectivity index is 1.60. The minimum Gasteiger partial charge on any atom is -0.336 e. The molecule has 0 atom stereocenters. The lowest BCUT2D eigenvalue weighted by molar-refractivity contribution is 0.0627. The normalized spacial score (nSPS) is 15.5. The fourth-order valence-corrected chi connectivity index (χ4v) is 3.30. The van der Waals surface area contributed by atoms with E-state index in [0.717, 1.165) is 0 Å². The molecule has 0 saturated carbocycles. The number of amides is 1. The van der Waals surface area contributed by atoms with Gasteiger partial charge in [0.1, 0.15) is 5.82 Å². The van der Waals surface area contributed by atoms with Gasteiger partial charge in [0, 0.05) is 43.3 Å². The van der Waals surface area contributed by atoms with Gasteiger partial charge in [0.2, 0.25) is 0 Å². The molecule has 1 fully saturated rings. The van der Waals surface area contributed by atoms with Gasteiger partial charge in [0.15, 0.2) is 0 Å². The minimum atomic E-state index is -0.191. The molecule has 24 heavy (non-hydrogen) atoms. The first-order chi connectivity index (χ1) is 11.5. The quantitative estimate of drug-likeness (QED) is 0.816. The molecule has 1 aliphatic heterocycles. The van der Waals surface area contributed by atoms with Gasteiger partial charge in [-0.2, -0.15) is 0 Å². The van der Waals surface area contributed by atoms with Crippen molar-refractivity contribution in [1.29, 1.82) is 0 Å². The largest absolute Gasteiger partial charge is 0.336 e. The molecule has 0 bridgehead atoms. The third kappa shape index (κ3) is 3.89.